The molecule has 0 aromatic heterocycles. The molecule has 1 N–H and O–H groups in total. The van der Waals surface area contributed by atoms with Crippen LogP contribution in [0.15, 0.2) is 24.3 Å². The third-order valence-electron chi connectivity index (χ3n) is 2.14. The smallest absolute Gasteiger partial charge is 0.251 e. The van der Waals surface area contributed by atoms with Gasteiger partial charge in [0, 0.05) is 18.0 Å². The monoisotopic (exact) mass is 205 g/mol. The molecule has 0 spiro atoms. The van der Waals surface area contributed by atoms with E-state index in [4.69, 9.17) is 0 Å². The lowest BCUT2D eigenvalue weighted by Crippen LogP contribution is -2.32. The fourth-order valence-corrected chi connectivity index (χ4v) is 1.22. The van der Waals surface area contributed by atoms with E-state index in [0.717, 1.165) is 11.8 Å². The Balaban J connectivity index is 2.61. The van der Waals surface area contributed by atoms with Gasteiger partial charge in [0.1, 0.15) is 6.29 Å². The molecule has 1 atom stereocenters. The van der Waals surface area contributed by atoms with Crippen LogP contribution < -0.4 is 5.32 Å². The van der Waals surface area contributed by atoms with E-state index in [-0.39, 0.29) is 11.9 Å². The highest BCUT2D eigenvalue weighted by atomic mass is 16.1. The Hall–Kier alpha value is -1.64. The zero-order valence-corrected chi connectivity index (χ0v) is 8.99. The van der Waals surface area contributed by atoms with Crippen molar-refractivity contribution < 1.29 is 9.59 Å². The number of amides is 1. The SMILES string of the molecule is Cc1ccc(C(=O)NC(C)CC=O)cc1. The van der Waals surface area contributed by atoms with Gasteiger partial charge in [0.2, 0.25) is 0 Å². The van der Waals surface area contributed by atoms with Gasteiger partial charge in [-0.15, -0.1) is 0 Å². The molecule has 0 heterocycles. The van der Waals surface area contributed by atoms with E-state index in [1.807, 2.05) is 19.1 Å². The molecule has 0 saturated heterocycles. The van der Waals surface area contributed by atoms with Crippen LogP contribution in [0.5, 0.6) is 0 Å². The lowest BCUT2D eigenvalue weighted by Gasteiger charge is -2.10. The summed E-state index contributed by atoms with van der Waals surface area (Å²) in [5, 5.41) is 2.75. The minimum Gasteiger partial charge on any atom is -0.349 e. The first-order valence-electron chi connectivity index (χ1n) is 4.94. The summed E-state index contributed by atoms with van der Waals surface area (Å²) < 4.78 is 0. The van der Waals surface area contributed by atoms with Crippen molar-refractivity contribution in [2.45, 2.75) is 26.3 Å². The van der Waals surface area contributed by atoms with Crippen molar-refractivity contribution in [3.63, 3.8) is 0 Å². The Morgan fingerprint density at radius 3 is 2.53 bits per heavy atom. The predicted octanol–water partition coefficient (Wildman–Crippen LogP) is 1.70. The van der Waals surface area contributed by atoms with Gasteiger partial charge in [0.25, 0.3) is 5.91 Å². The van der Waals surface area contributed by atoms with Crippen LogP contribution in [0.4, 0.5) is 0 Å². The molecule has 0 radical (unpaired) electrons. The van der Waals surface area contributed by atoms with E-state index in [9.17, 15) is 9.59 Å². The number of carbonyl (C=O) groups is 2. The molecule has 3 nitrogen and oxygen atoms in total. The first-order valence-corrected chi connectivity index (χ1v) is 4.94. The van der Waals surface area contributed by atoms with Gasteiger partial charge in [0.15, 0.2) is 0 Å². The normalized spacial score (nSPS) is 11.9. The number of aryl methyl sites for hydroxylation is 1. The zero-order valence-electron chi connectivity index (χ0n) is 8.99. The molecule has 80 valence electrons. The largest absolute Gasteiger partial charge is 0.349 e. The molecule has 0 fully saturated rings. The van der Waals surface area contributed by atoms with Gasteiger partial charge in [-0.05, 0) is 26.0 Å². The third-order valence-corrected chi connectivity index (χ3v) is 2.14. The Morgan fingerprint density at radius 1 is 1.40 bits per heavy atom. The number of carbonyl (C=O) groups excluding carboxylic acids is 2. The second kappa shape index (κ2) is 5.29. The summed E-state index contributed by atoms with van der Waals surface area (Å²) in [6.45, 7) is 3.77. The van der Waals surface area contributed by atoms with E-state index in [1.54, 1.807) is 19.1 Å². The van der Waals surface area contributed by atoms with Crippen molar-refractivity contribution in [2.75, 3.05) is 0 Å². The van der Waals surface area contributed by atoms with Crippen LogP contribution in [0, 0.1) is 6.92 Å². The molecule has 1 aromatic rings. The molecule has 0 aliphatic rings. The van der Waals surface area contributed by atoms with Crippen LogP contribution in [0.25, 0.3) is 0 Å². The highest BCUT2D eigenvalue weighted by Crippen LogP contribution is 2.03. The van der Waals surface area contributed by atoms with E-state index in [1.165, 1.54) is 0 Å². The number of aldehydes is 1. The van der Waals surface area contributed by atoms with Gasteiger partial charge in [-0.3, -0.25) is 4.79 Å². The summed E-state index contributed by atoms with van der Waals surface area (Å²) in [7, 11) is 0. The Labute approximate surface area is 89.5 Å². The molecule has 0 aliphatic carbocycles. The van der Waals surface area contributed by atoms with E-state index in [2.05, 4.69) is 5.32 Å². The molecule has 0 aliphatic heterocycles. The fourth-order valence-electron chi connectivity index (χ4n) is 1.22. The van der Waals surface area contributed by atoms with Gasteiger partial charge in [0.05, 0.1) is 0 Å². The maximum atomic E-state index is 11.6. The van der Waals surface area contributed by atoms with Gasteiger partial charge in [-0.25, -0.2) is 0 Å². The molecule has 1 aromatic carbocycles. The molecular formula is C12H15NO2. The molecule has 0 bridgehead atoms. The molecule has 15 heavy (non-hydrogen) atoms. The summed E-state index contributed by atoms with van der Waals surface area (Å²) >= 11 is 0. The van der Waals surface area contributed by atoms with Crippen molar-refractivity contribution in [1.29, 1.82) is 0 Å². The maximum Gasteiger partial charge on any atom is 0.251 e. The van der Waals surface area contributed by atoms with Crippen LogP contribution >= 0.6 is 0 Å². The fraction of sp³-hybridized carbons (Fsp3) is 0.333. The summed E-state index contributed by atoms with van der Waals surface area (Å²) in [4.78, 5) is 21.8. The molecule has 1 unspecified atom stereocenters. The number of nitrogens with one attached hydrogen (secondary N) is 1. The number of rotatable bonds is 4. The Kier molecular flexibility index (Phi) is 4.03. The first-order chi connectivity index (χ1) is 7.13. The maximum absolute atomic E-state index is 11.6. The van der Waals surface area contributed by atoms with E-state index >= 15 is 0 Å². The number of hydrogen-bond acceptors (Lipinski definition) is 2. The zero-order chi connectivity index (χ0) is 11.3. The van der Waals surface area contributed by atoms with E-state index < -0.39 is 0 Å². The van der Waals surface area contributed by atoms with Gasteiger partial charge in [-0.2, -0.15) is 0 Å². The van der Waals surface area contributed by atoms with Crippen molar-refractivity contribution in [3.05, 3.63) is 35.4 Å². The molecule has 1 rings (SSSR count). The number of hydrogen-bond donors (Lipinski definition) is 1. The molecule has 1 amide bonds. The Morgan fingerprint density at radius 2 is 2.00 bits per heavy atom. The van der Waals surface area contributed by atoms with Crippen molar-refractivity contribution in [1.82, 2.24) is 5.32 Å². The van der Waals surface area contributed by atoms with Gasteiger partial charge < -0.3 is 10.1 Å². The van der Waals surface area contributed by atoms with Crippen LogP contribution in [0.2, 0.25) is 0 Å². The minimum atomic E-state index is -0.135. The average molecular weight is 205 g/mol. The van der Waals surface area contributed by atoms with E-state index in [0.29, 0.717) is 12.0 Å². The van der Waals surface area contributed by atoms with Crippen molar-refractivity contribution in [3.8, 4) is 0 Å². The summed E-state index contributed by atoms with van der Waals surface area (Å²) in [6.07, 6.45) is 1.15. The molecule has 3 heteroatoms. The topological polar surface area (TPSA) is 46.2 Å². The minimum absolute atomic E-state index is 0.115. The third kappa shape index (κ3) is 3.54. The van der Waals surface area contributed by atoms with Gasteiger partial charge >= 0.3 is 0 Å². The van der Waals surface area contributed by atoms with Crippen LogP contribution in [0.1, 0.15) is 29.3 Å². The number of benzene rings is 1. The van der Waals surface area contributed by atoms with Gasteiger partial charge in [-0.1, -0.05) is 17.7 Å². The summed E-state index contributed by atoms with van der Waals surface area (Å²) in [5.41, 5.74) is 1.74. The second-order valence-electron chi connectivity index (χ2n) is 3.64. The standard InChI is InChI=1S/C12H15NO2/c1-9-3-5-11(6-4-9)12(15)13-10(2)7-8-14/h3-6,8,10H,7H2,1-2H3,(H,13,15). The molecular weight excluding hydrogens is 190 g/mol. The summed E-state index contributed by atoms with van der Waals surface area (Å²) in [5.74, 6) is -0.135. The van der Waals surface area contributed by atoms with Crippen LogP contribution in [0.3, 0.4) is 0 Å². The Bertz CT molecular complexity index is 343. The predicted molar refractivity (Wildman–Crippen MR) is 58.8 cm³/mol. The quantitative estimate of drug-likeness (QED) is 0.760. The van der Waals surface area contributed by atoms with Crippen LogP contribution in [-0.2, 0) is 4.79 Å². The van der Waals surface area contributed by atoms with Crippen molar-refractivity contribution >= 4 is 12.2 Å². The lowest BCUT2D eigenvalue weighted by molar-refractivity contribution is -0.108. The second-order valence-corrected chi connectivity index (χ2v) is 3.64. The van der Waals surface area contributed by atoms with Crippen LogP contribution in [-0.4, -0.2) is 18.2 Å². The first kappa shape index (κ1) is 11.4. The van der Waals surface area contributed by atoms with Crippen molar-refractivity contribution in [2.24, 2.45) is 0 Å². The summed E-state index contributed by atoms with van der Waals surface area (Å²) in [6, 6.07) is 7.21. The average Bonchev–Trinajstić information content (AvgIpc) is 2.18. The lowest BCUT2D eigenvalue weighted by atomic mass is 10.1. The highest BCUT2D eigenvalue weighted by molar-refractivity contribution is 5.94. The molecule has 0 saturated carbocycles. The highest BCUT2D eigenvalue weighted by Gasteiger charge is 2.08.